The van der Waals surface area contributed by atoms with Crippen molar-refractivity contribution < 1.29 is 23.8 Å². The second kappa shape index (κ2) is 9.75. The number of pyridine rings is 2. The minimum absolute atomic E-state index is 0.103. The van der Waals surface area contributed by atoms with Crippen molar-refractivity contribution in [3.05, 3.63) is 54.6 Å². The van der Waals surface area contributed by atoms with Crippen LogP contribution in [0.1, 0.15) is 12.8 Å². The van der Waals surface area contributed by atoms with E-state index in [2.05, 4.69) is 15.2 Å². The zero-order valence-corrected chi connectivity index (χ0v) is 19.3. The molecule has 35 heavy (non-hydrogen) atoms. The van der Waals surface area contributed by atoms with E-state index in [1.165, 1.54) is 12.1 Å². The van der Waals surface area contributed by atoms with Gasteiger partial charge in [0.2, 0.25) is 0 Å². The number of ether oxygens (including phenoxy) is 2. The number of piperidine rings is 1. The smallest absolute Gasteiger partial charge is 0.404 e. The molecular formula is C25H26FN5O4. The molecule has 0 atom stereocenters. The summed E-state index contributed by atoms with van der Waals surface area (Å²) in [5.41, 5.74) is 3.66. The maximum atomic E-state index is 14.5. The lowest BCUT2D eigenvalue weighted by molar-refractivity contribution is 0.146. The lowest BCUT2D eigenvalue weighted by Gasteiger charge is -2.33. The van der Waals surface area contributed by atoms with Crippen LogP contribution in [0.3, 0.4) is 0 Å². The SMILES string of the molecule is COCCOc1ccn2c(-c3ccc4cc(F)cc(N5CCC(NC(=O)O)CC5)c4n3)cnc2c1. The molecule has 182 valence electrons. The highest BCUT2D eigenvalue weighted by Crippen LogP contribution is 2.32. The van der Waals surface area contributed by atoms with E-state index in [9.17, 15) is 9.18 Å². The van der Waals surface area contributed by atoms with Crippen molar-refractivity contribution in [1.29, 1.82) is 0 Å². The third kappa shape index (κ3) is 4.83. The number of methoxy groups -OCH3 is 1. The average molecular weight is 480 g/mol. The van der Waals surface area contributed by atoms with Crippen LogP contribution >= 0.6 is 0 Å². The van der Waals surface area contributed by atoms with Gasteiger partial charge in [0.1, 0.15) is 23.8 Å². The van der Waals surface area contributed by atoms with Crippen molar-refractivity contribution in [2.45, 2.75) is 18.9 Å². The van der Waals surface area contributed by atoms with Gasteiger partial charge >= 0.3 is 6.09 Å². The molecule has 4 aromatic rings. The second-order valence-corrected chi connectivity index (χ2v) is 8.48. The van der Waals surface area contributed by atoms with Crippen LogP contribution in [0.4, 0.5) is 14.9 Å². The monoisotopic (exact) mass is 479 g/mol. The predicted molar refractivity (Wildman–Crippen MR) is 130 cm³/mol. The minimum atomic E-state index is -1.02. The zero-order chi connectivity index (χ0) is 24.4. The molecule has 1 aromatic carbocycles. The number of rotatable bonds is 7. The molecule has 1 saturated heterocycles. The number of hydrogen-bond acceptors (Lipinski definition) is 6. The molecule has 0 saturated carbocycles. The number of nitrogens with zero attached hydrogens (tertiary/aromatic N) is 4. The van der Waals surface area contributed by atoms with E-state index in [0.717, 1.165) is 11.3 Å². The predicted octanol–water partition coefficient (Wildman–Crippen LogP) is 3.95. The van der Waals surface area contributed by atoms with E-state index in [-0.39, 0.29) is 11.9 Å². The Morgan fingerprint density at radius 3 is 2.80 bits per heavy atom. The van der Waals surface area contributed by atoms with Crippen molar-refractivity contribution in [3.8, 4) is 17.1 Å². The van der Waals surface area contributed by atoms with E-state index < -0.39 is 6.09 Å². The Labute approximate surface area is 201 Å². The van der Waals surface area contributed by atoms with Gasteiger partial charge < -0.3 is 24.8 Å². The van der Waals surface area contributed by atoms with E-state index in [1.807, 2.05) is 34.9 Å². The Morgan fingerprint density at radius 1 is 1.20 bits per heavy atom. The normalized spacial score (nSPS) is 14.5. The van der Waals surface area contributed by atoms with Crippen LogP contribution in [0, 0.1) is 5.82 Å². The van der Waals surface area contributed by atoms with Gasteiger partial charge in [0.05, 0.1) is 35.4 Å². The molecule has 0 unspecified atom stereocenters. The summed E-state index contributed by atoms with van der Waals surface area (Å²) in [4.78, 5) is 22.4. The molecule has 0 aliphatic carbocycles. The van der Waals surface area contributed by atoms with Gasteiger partial charge in [-0.2, -0.15) is 0 Å². The topological polar surface area (TPSA) is 101 Å². The molecule has 3 aromatic heterocycles. The quantitative estimate of drug-likeness (QED) is 0.387. The number of aromatic nitrogens is 3. The maximum Gasteiger partial charge on any atom is 0.404 e. The Bertz CT molecular complexity index is 1370. The highest BCUT2D eigenvalue weighted by Gasteiger charge is 2.23. The molecule has 1 amide bonds. The summed E-state index contributed by atoms with van der Waals surface area (Å²) in [6, 6.07) is 10.3. The fraction of sp³-hybridized carbons (Fsp3) is 0.320. The largest absolute Gasteiger partial charge is 0.491 e. The van der Waals surface area contributed by atoms with Gasteiger partial charge in [0, 0.05) is 43.9 Å². The molecule has 0 radical (unpaired) electrons. The highest BCUT2D eigenvalue weighted by molar-refractivity contribution is 5.92. The second-order valence-electron chi connectivity index (χ2n) is 8.48. The molecule has 1 aliphatic rings. The third-order valence-corrected chi connectivity index (χ3v) is 6.20. The molecule has 1 aliphatic heterocycles. The fourth-order valence-electron chi connectivity index (χ4n) is 4.49. The molecule has 10 heteroatoms. The van der Waals surface area contributed by atoms with Gasteiger partial charge in [-0.1, -0.05) is 6.07 Å². The van der Waals surface area contributed by atoms with Crippen molar-refractivity contribution in [1.82, 2.24) is 19.7 Å². The summed E-state index contributed by atoms with van der Waals surface area (Å²) in [6.45, 7) is 2.17. The summed E-state index contributed by atoms with van der Waals surface area (Å²) in [6.07, 6.45) is 3.91. The van der Waals surface area contributed by atoms with Crippen LogP contribution in [-0.2, 0) is 4.74 Å². The molecule has 2 N–H and O–H groups in total. The van der Waals surface area contributed by atoms with Gasteiger partial charge in [-0.05, 0) is 37.1 Å². The number of imidazole rings is 1. The number of halogens is 1. The number of nitrogens with one attached hydrogen (secondary N) is 1. The number of amides is 1. The number of carbonyl (C=O) groups is 1. The Kier molecular flexibility index (Phi) is 6.37. The van der Waals surface area contributed by atoms with E-state index in [4.69, 9.17) is 19.6 Å². The first-order valence-electron chi connectivity index (χ1n) is 11.5. The summed E-state index contributed by atoms with van der Waals surface area (Å²) < 4.78 is 27.1. The lowest BCUT2D eigenvalue weighted by Crippen LogP contribution is -2.44. The van der Waals surface area contributed by atoms with E-state index in [1.54, 1.807) is 13.3 Å². The van der Waals surface area contributed by atoms with Crippen LogP contribution < -0.4 is 15.0 Å². The van der Waals surface area contributed by atoms with Crippen molar-refractivity contribution in [3.63, 3.8) is 0 Å². The van der Waals surface area contributed by atoms with Crippen molar-refractivity contribution >= 4 is 28.3 Å². The number of anilines is 1. The summed E-state index contributed by atoms with van der Waals surface area (Å²) >= 11 is 0. The van der Waals surface area contributed by atoms with Crippen molar-refractivity contribution in [2.24, 2.45) is 0 Å². The molecular weight excluding hydrogens is 453 g/mol. The summed E-state index contributed by atoms with van der Waals surface area (Å²) in [5, 5.41) is 12.2. The lowest BCUT2D eigenvalue weighted by atomic mass is 10.0. The zero-order valence-electron chi connectivity index (χ0n) is 19.3. The van der Waals surface area contributed by atoms with Crippen LogP contribution in [0.2, 0.25) is 0 Å². The Morgan fingerprint density at radius 2 is 2.03 bits per heavy atom. The van der Waals surface area contributed by atoms with E-state index >= 15 is 0 Å². The maximum absolute atomic E-state index is 14.5. The molecule has 4 heterocycles. The van der Waals surface area contributed by atoms with E-state index in [0.29, 0.717) is 67.2 Å². The number of benzene rings is 1. The van der Waals surface area contributed by atoms with Crippen LogP contribution in [-0.4, -0.2) is 65.0 Å². The molecule has 9 nitrogen and oxygen atoms in total. The van der Waals surface area contributed by atoms with Gasteiger partial charge in [0.15, 0.2) is 0 Å². The third-order valence-electron chi connectivity index (χ3n) is 6.20. The first-order chi connectivity index (χ1) is 17.0. The Balaban J connectivity index is 1.46. The standard InChI is InChI=1S/C25H26FN5O4/c1-34-10-11-35-19-6-9-31-22(15-27-23(31)14-19)20-3-2-16-12-17(26)13-21(24(16)29-20)30-7-4-18(5-8-30)28-25(32)33/h2-3,6,9,12-15,18,28H,4-5,7-8,10-11H2,1H3,(H,32,33). The fourth-order valence-corrected chi connectivity index (χ4v) is 4.49. The van der Waals surface area contributed by atoms with Gasteiger partial charge in [-0.15, -0.1) is 0 Å². The number of hydrogen-bond donors (Lipinski definition) is 2. The first-order valence-corrected chi connectivity index (χ1v) is 11.5. The average Bonchev–Trinajstić information content (AvgIpc) is 3.27. The first kappa shape index (κ1) is 22.9. The number of carboxylic acid groups (broad SMARTS) is 1. The molecule has 1 fully saturated rings. The van der Waals surface area contributed by atoms with Crippen LogP contribution in [0.5, 0.6) is 5.75 Å². The minimum Gasteiger partial charge on any atom is -0.491 e. The van der Waals surface area contributed by atoms with Crippen LogP contribution in [0.15, 0.2) is 48.8 Å². The molecule has 0 spiro atoms. The Hall–Kier alpha value is -3.92. The number of fused-ring (bicyclic) bond motifs is 2. The van der Waals surface area contributed by atoms with Crippen LogP contribution in [0.25, 0.3) is 27.9 Å². The summed E-state index contributed by atoms with van der Waals surface area (Å²) in [5.74, 6) is 0.375. The molecule has 0 bridgehead atoms. The van der Waals surface area contributed by atoms with Gasteiger partial charge in [0.25, 0.3) is 0 Å². The van der Waals surface area contributed by atoms with Gasteiger partial charge in [-0.3, -0.25) is 4.40 Å². The summed E-state index contributed by atoms with van der Waals surface area (Å²) in [7, 11) is 1.63. The van der Waals surface area contributed by atoms with Gasteiger partial charge in [-0.25, -0.2) is 19.2 Å². The van der Waals surface area contributed by atoms with Crippen molar-refractivity contribution in [2.75, 3.05) is 38.3 Å². The highest BCUT2D eigenvalue weighted by atomic mass is 19.1. The molecule has 5 rings (SSSR count).